The minimum Gasteiger partial charge on any atom is -0.426 e. The first-order valence-electron chi connectivity index (χ1n) is 11.4. The van der Waals surface area contributed by atoms with Crippen molar-refractivity contribution in [3.05, 3.63) is 0 Å². The first-order chi connectivity index (χ1) is 16.8. The molecule has 37 heavy (non-hydrogen) atoms. The molecule has 0 aliphatic heterocycles. The van der Waals surface area contributed by atoms with Crippen molar-refractivity contribution in [3.63, 3.8) is 0 Å². The Hall–Kier alpha value is 0.968. The summed E-state index contributed by atoms with van der Waals surface area (Å²) in [6.45, 7) is 22.4. The zero-order valence-electron chi connectivity index (χ0n) is 22.8. The molecule has 0 saturated carbocycles. The predicted molar refractivity (Wildman–Crippen MR) is 176 cm³/mol. The van der Waals surface area contributed by atoms with Gasteiger partial charge in [-0.05, 0) is 55.4 Å². The van der Waals surface area contributed by atoms with Gasteiger partial charge in [-0.15, -0.1) is 20.3 Å². The number of hydrogen-bond acceptors (Lipinski definition) is 16. The molecule has 0 aromatic rings. The Morgan fingerprint density at radius 2 is 0.514 bits per heavy atom. The Bertz CT molecular complexity index is 474. The Morgan fingerprint density at radius 1 is 0.405 bits per heavy atom. The summed E-state index contributed by atoms with van der Waals surface area (Å²) in [5, 5.41) is 6.81. The van der Waals surface area contributed by atoms with E-state index in [4.69, 9.17) is 19.4 Å². The molecule has 0 bridgehead atoms. The Labute approximate surface area is 282 Å². The molecule has 0 N–H and O–H groups in total. The number of nitrogens with zero attached hydrogens (tertiary/aromatic N) is 4. The molecule has 8 nitrogen and oxygen atoms in total. The van der Waals surface area contributed by atoms with Crippen molar-refractivity contribution in [2.24, 2.45) is 0 Å². The second kappa shape index (κ2) is 35.0. The van der Waals surface area contributed by atoms with Crippen LogP contribution in [0.5, 0.6) is 0 Å². The minimum atomic E-state index is 0. The van der Waals surface area contributed by atoms with Gasteiger partial charge in [-0.3, -0.25) is 0 Å². The van der Waals surface area contributed by atoms with Crippen LogP contribution in [-0.4, -0.2) is 90.1 Å². The summed E-state index contributed by atoms with van der Waals surface area (Å²) in [6.07, 6.45) is 0. The van der Waals surface area contributed by atoms with Crippen LogP contribution in [0, 0.1) is 0 Å². The van der Waals surface area contributed by atoms with Crippen molar-refractivity contribution in [1.29, 1.82) is 0 Å². The molecule has 0 fully saturated rings. The fourth-order valence-corrected chi connectivity index (χ4v) is 2.68. The molecule has 0 aromatic heterocycles. The van der Waals surface area contributed by atoms with E-state index in [1.165, 1.54) is 0 Å². The normalized spacial score (nSPS) is 9.41. The number of thiocarbonyl (C=S) groups is 4. The van der Waals surface area contributed by atoms with Gasteiger partial charge in [0.1, 0.15) is 0 Å². The van der Waals surface area contributed by atoms with Crippen LogP contribution >= 0.6 is 48.9 Å². The topological polar surface area (TPSA) is 49.9 Å². The van der Waals surface area contributed by atoms with E-state index < -0.39 is 0 Å². The fraction of sp³-hybridized carbons (Fsp3) is 0.800. The number of hydrogen-bond donors (Lipinski definition) is 0. The first-order valence-corrected chi connectivity index (χ1v) is 14.6. The predicted octanol–water partition coefficient (Wildman–Crippen LogP) is 4.36. The average Bonchev–Trinajstić information content (AvgIpc) is 2.83. The summed E-state index contributed by atoms with van der Waals surface area (Å²) in [5.41, 5.74) is 0. The van der Waals surface area contributed by atoms with E-state index >= 15 is 0 Å². The standard InChI is InChI=1S/4C5H11NOS2.Mo/c4*1-3-6(4-2)7-5(8)9;/h4*3-4H2,1-2H3,(H,8,9);/q;;;;+4/p-4. The van der Waals surface area contributed by atoms with Crippen molar-refractivity contribution in [1.82, 2.24) is 20.3 Å². The minimum absolute atomic E-state index is 0. The van der Waals surface area contributed by atoms with E-state index in [1.54, 1.807) is 20.3 Å². The molecule has 218 valence electrons. The molecular formula is C20H40MoN4O4S8. The van der Waals surface area contributed by atoms with Gasteiger partial charge in [-0.2, -0.15) is 0 Å². The molecular weight excluding hydrogens is 713 g/mol. The monoisotopic (exact) mass is 754 g/mol. The first kappa shape index (κ1) is 47.7. The van der Waals surface area contributed by atoms with Crippen LogP contribution in [0.15, 0.2) is 0 Å². The molecule has 0 heterocycles. The Morgan fingerprint density at radius 3 is 0.541 bits per heavy atom. The molecule has 0 aliphatic rings. The molecule has 0 saturated heterocycles. The summed E-state index contributed by atoms with van der Waals surface area (Å²) in [4.78, 5) is 19.7. The van der Waals surface area contributed by atoms with Gasteiger partial charge in [-0.1, -0.05) is 0 Å². The maximum absolute atomic E-state index is 4.93. The fourth-order valence-electron chi connectivity index (χ4n) is 1.83. The second-order valence-corrected chi connectivity index (χ2v) is 9.82. The van der Waals surface area contributed by atoms with Crippen molar-refractivity contribution < 1.29 is 40.4 Å². The van der Waals surface area contributed by atoms with Crippen molar-refractivity contribution in [3.8, 4) is 0 Å². The Balaban J connectivity index is -0.000000122. The van der Waals surface area contributed by atoms with E-state index in [9.17, 15) is 0 Å². The summed E-state index contributed by atoms with van der Waals surface area (Å²) < 4.78 is 0.662. The molecule has 0 rings (SSSR count). The average molecular weight is 753 g/mol. The maximum atomic E-state index is 4.93. The van der Waals surface area contributed by atoms with Gasteiger partial charge >= 0.3 is 21.1 Å². The smallest absolute Gasteiger partial charge is 0.426 e. The van der Waals surface area contributed by atoms with Gasteiger partial charge < -0.3 is 119 Å². The van der Waals surface area contributed by atoms with E-state index in [2.05, 4.69) is 99.4 Å². The van der Waals surface area contributed by atoms with Crippen LogP contribution in [0.4, 0.5) is 0 Å². The number of rotatable bonds is 12. The third kappa shape index (κ3) is 41.6. The quantitative estimate of drug-likeness (QED) is 0.123. The van der Waals surface area contributed by atoms with Crippen LogP contribution in [0.1, 0.15) is 55.4 Å². The maximum Gasteiger partial charge on any atom is 4.00 e. The summed E-state index contributed by atoms with van der Waals surface area (Å²) in [6, 6.07) is 0. The molecule has 0 aromatic carbocycles. The van der Waals surface area contributed by atoms with Gasteiger partial charge in [0.05, 0.1) is 17.5 Å². The van der Waals surface area contributed by atoms with Crippen molar-refractivity contribution in [2.75, 3.05) is 52.4 Å². The Kier molecular flexibility index (Phi) is 45.2. The van der Waals surface area contributed by atoms with E-state index in [0.29, 0.717) is 0 Å². The molecule has 17 heteroatoms. The van der Waals surface area contributed by atoms with Gasteiger partial charge in [0.25, 0.3) is 0 Å². The molecule has 0 radical (unpaired) electrons. The van der Waals surface area contributed by atoms with Gasteiger partial charge in [0, 0.05) is 52.4 Å². The van der Waals surface area contributed by atoms with Crippen LogP contribution in [-0.2, 0) is 90.9 Å². The van der Waals surface area contributed by atoms with Crippen LogP contribution in [0.3, 0.4) is 0 Å². The van der Waals surface area contributed by atoms with Gasteiger partial charge in [-0.25, -0.2) is 0 Å². The second-order valence-electron chi connectivity index (χ2n) is 5.82. The zero-order chi connectivity index (χ0) is 29.1. The third-order valence-electron chi connectivity index (χ3n) is 3.64. The van der Waals surface area contributed by atoms with Crippen molar-refractivity contribution in [2.45, 2.75) is 55.4 Å². The van der Waals surface area contributed by atoms with E-state index in [1.807, 2.05) is 55.4 Å². The molecule has 0 aliphatic carbocycles. The van der Waals surface area contributed by atoms with E-state index in [-0.39, 0.29) is 38.6 Å². The van der Waals surface area contributed by atoms with Crippen LogP contribution in [0.25, 0.3) is 0 Å². The largest absolute Gasteiger partial charge is 4.00 e. The molecule has 0 unspecified atom stereocenters. The molecule has 0 spiro atoms. The van der Waals surface area contributed by atoms with Gasteiger partial charge in [0.15, 0.2) is 0 Å². The van der Waals surface area contributed by atoms with Crippen LogP contribution in [0.2, 0.25) is 0 Å². The SMILES string of the molecule is CCN(CC)OC(=S)[S-].CCN(CC)OC(=S)[S-].CCN(CC)OC(=S)[S-].CCN(CC)OC(=S)[S-].[Mo+4]. The molecule has 0 atom stereocenters. The number of hydroxylamine groups is 8. The summed E-state index contributed by atoms with van der Waals surface area (Å²) in [7, 11) is 0. The molecule has 0 amide bonds. The summed E-state index contributed by atoms with van der Waals surface area (Å²) in [5.74, 6) is 0. The zero-order valence-corrected chi connectivity index (χ0v) is 31.3. The third-order valence-corrected chi connectivity index (χ3v) is 4.23. The summed E-state index contributed by atoms with van der Waals surface area (Å²) >= 11 is 36.4. The van der Waals surface area contributed by atoms with E-state index in [0.717, 1.165) is 52.4 Å². The van der Waals surface area contributed by atoms with Crippen LogP contribution < -0.4 is 0 Å². The van der Waals surface area contributed by atoms with Gasteiger partial charge in [0.2, 0.25) is 0 Å². The van der Waals surface area contributed by atoms with Crippen molar-refractivity contribution >= 4 is 117 Å².